The topological polar surface area (TPSA) is 50.2 Å². The Bertz CT molecular complexity index is 787. The van der Waals surface area contributed by atoms with Crippen molar-refractivity contribution >= 4 is 5.91 Å². The van der Waals surface area contributed by atoms with Crippen molar-refractivity contribution in [2.24, 2.45) is 7.05 Å². The van der Waals surface area contributed by atoms with Crippen LogP contribution in [0.15, 0.2) is 30.6 Å². The van der Waals surface area contributed by atoms with Crippen molar-refractivity contribution in [3.63, 3.8) is 0 Å². The summed E-state index contributed by atoms with van der Waals surface area (Å²) < 4.78 is 54.0. The van der Waals surface area contributed by atoms with Crippen LogP contribution in [0.25, 0.3) is 0 Å². The van der Waals surface area contributed by atoms with Crippen LogP contribution in [-0.4, -0.2) is 40.0 Å². The van der Waals surface area contributed by atoms with Crippen LogP contribution < -0.4 is 5.32 Å². The van der Waals surface area contributed by atoms with E-state index in [4.69, 9.17) is 0 Å². The molecule has 0 spiro atoms. The zero-order chi connectivity index (χ0) is 18.2. The van der Waals surface area contributed by atoms with E-state index in [9.17, 15) is 22.4 Å². The summed E-state index contributed by atoms with van der Waals surface area (Å²) in [6.45, 7) is 1.19. The minimum absolute atomic E-state index is 0.286. The first-order valence-corrected chi connectivity index (χ1v) is 7.64. The highest BCUT2D eigenvalue weighted by atomic mass is 19.4. The number of halogens is 4. The number of hydrogen-bond donors (Lipinski definition) is 1. The first-order valence-electron chi connectivity index (χ1n) is 7.64. The van der Waals surface area contributed by atoms with E-state index in [-0.39, 0.29) is 12.1 Å². The molecule has 2 heterocycles. The van der Waals surface area contributed by atoms with Crippen LogP contribution >= 0.6 is 0 Å². The highest BCUT2D eigenvalue weighted by Gasteiger charge is 2.35. The number of aromatic nitrogens is 2. The second-order valence-corrected chi connectivity index (χ2v) is 5.84. The van der Waals surface area contributed by atoms with Gasteiger partial charge in [-0.25, -0.2) is 9.37 Å². The first kappa shape index (κ1) is 17.4. The van der Waals surface area contributed by atoms with Gasteiger partial charge in [0.25, 0.3) is 5.91 Å². The van der Waals surface area contributed by atoms with Crippen molar-refractivity contribution < 1.29 is 22.4 Å². The Kier molecular flexibility index (Phi) is 4.51. The summed E-state index contributed by atoms with van der Waals surface area (Å²) in [5.41, 5.74) is -1.51. The fourth-order valence-electron chi connectivity index (χ4n) is 2.92. The summed E-state index contributed by atoms with van der Waals surface area (Å²) in [7, 11) is 1.77. The van der Waals surface area contributed by atoms with Gasteiger partial charge in [-0.1, -0.05) is 0 Å². The summed E-state index contributed by atoms with van der Waals surface area (Å²) in [4.78, 5) is 18.4. The zero-order valence-electron chi connectivity index (χ0n) is 13.3. The number of carbonyl (C=O) groups is 1. The van der Waals surface area contributed by atoms with Crippen molar-refractivity contribution in [1.29, 1.82) is 0 Å². The lowest BCUT2D eigenvalue weighted by atomic mass is 10.1. The van der Waals surface area contributed by atoms with Gasteiger partial charge in [-0.05, 0) is 18.2 Å². The van der Waals surface area contributed by atoms with Crippen molar-refractivity contribution in [2.75, 3.05) is 19.6 Å². The van der Waals surface area contributed by atoms with Gasteiger partial charge in [0.1, 0.15) is 17.7 Å². The molecule has 1 aromatic heterocycles. The van der Waals surface area contributed by atoms with Crippen molar-refractivity contribution in [3.8, 4) is 0 Å². The molecule has 0 saturated carbocycles. The summed E-state index contributed by atoms with van der Waals surface area (Å²) in [5, 5.41) is 3.13. The van der Waals surface area contributed by atoms with Crippen LogP contribution in [0.1, 0.15) is 27.8 Å². The molecule has 0 bridgehead atoms. The second-order valence-electron chi connectivity index (χ2n) is 5.84. The average molecular weight is 356 g/mol. The standard InChI is InChI=1S/C16H16F4N4O/c1-23-4-3-22-14(23)13-9-21-2-5-24(13)15(25)10-6-11(16(18,19)20)8-12(17)7-10/h3-4,6-8,13,21H,2,5,9H2,1H3. The average Bonchev–Trinajstić information content (AvgIpc) is 2.98. The van der Waals surface area contributed by atoms with Crippen LogP contribution in [0, 0.1) is 5.82 Å². The van der Waals surface area contributed by atoms with E-state index in [0.717, 1.165) is 6.07 Å². The summed E-state index contributed by atoms with van der Waals surface area (Å²) in [5.74, 6) is -1.14. The minimum Gasteiger partial charge on any atom is -0.336 e. The molecule has 1 atom stereocenters. The van der Waals surface area contributed by atoms with Crippen LogP contribution in [0.4, 0.5) is 17.6 Å². The molecule has 0 aliphatic carbocycles. The van der Waals surface area contributed by atoms with E-state index in [1.54, 1.807) is 24.0 Å². The molecule has 5 nitrogen and oxygen atoms in total. The van der Waals surface area contributed by atoms with E-state index in [1.807, 2.05) is 0 Å². The smallest absolute Gasteiger partial charge is 0.336 e. The lowest BCUT2D eigenvalue weighted by Gasteiger charge is -2.36. The Hall–Kier alpha value is -2.42. The van der Waals surface area contributed by atoms with Gasteiger partial charge >= 0.3 is 6.18 Å². The van der Waals surface area contributed by atoms with E-state index in [2.05, 4.69) is 10.3 Å². The van der Waals surface area contributed by atoms with Gasteiger partial charge in [0.2, 0.25) is 0 Å². The number of nitrogens with zero attached hydrogens (tertiary/aromatic N) is 3. The third-order valence-corrected chi connectivity index (χ3v) is 4.13. The van der Waals surface area contributed by atoms with Crippen LogP contribution in [0.5, 0.6) is 0 Å². The first-order chi connectivity index (χ1) is 11.8. The quantitative estimate of drug-likeness (QED) is 0.841. The molecule has 25 heavy (non-hydrogen) atoms. The lowest BCUT2D eigenvalue weighted by molar-refractivity contribution is -0.137. The molecule has 1 aliphatic rings. The SMILES string of the molecule is Cn1ccnc1C1CNCCN1C(=O)c1cc(F)cc(C(F)(F)F)c1. The third-order valence-electron chi connectivity index (χ3n) is 4.13. The molecule has 134 valence electrons. The maximum absolute atomic E-state index is 13.6. The van der Waals surface area contributed by atoms with Gasteiger partial charge in [0, 0.05) is 44.6 Å². The number of rotatable bonds is 2. The molecule has 1 unspecified atom stereocenters. The number of nitrogens with one attached hydrogen (secondary N) is 1. The molecule has 3 rings (SSSR count). The Morgan fingerprint density at radius 3 is 2.72 bits per heavy atom. The third kappa shape index (κ3) is 3.51. The van der Waals surface area contributed by atoms with E-state index < -0.39 is 29.5 Å². The predicted molar refractivity (Wildman–Crippen MR) is 81.3 cm³/mol. The van der Waals surface area contributed by atoms with Crippen LogP contribution in [0.2, 0.25) is 0 Å². The summed E-state index contributed by atoms with van der Waals surface area (Å²) in [6, 6.07) is 1.45. The number of benzene rings is 1. The molecule has 1 aliphatic heterocycles. The number of amides is 1. The molecule has 1 fully saturated rings. The van der Waals surface area contributed by atoms with E-state index in [0.29, 0.717) is 31.0 Å². The molecule has 1 saturated heterocycles. The zero-order valence-corrected chi connectivity index (χ0v) is 13.3. The molecule has 1 aromatic carbocycles. The molecule has 2 aromatic rings. The second kappa shape index (κ2) is 6.47. The lowest BCUT2D eigenvalue weighted by Crippen LogP contribution is -2.49. The number of piperazine rings is 1. The van der Waals surface area contributed by atoms with Crippen LogP contribution in [-0.2, 0) is 13.2 Å². The minimum atomic E-state index is -4.72. The molecular formula is C16H16F4N4O. The summed E-state index contributed by atoms with van der Waals surface area (Å²) in [6.07, 6.45) is -1.42. The van der Waals surface area contributed by atoms with Gasteiger partial charge in [-0.3, -0.25) is 4.79 Å². The molecule has 0 radical (unpaired) electrons. The largest absolute Gasteiger partial charge is 0.416 e. The molecule has 1 N–H and O–H groups in total. The molecular weight excluding hydrogens is 340 g/mol. The molecule has 9 heteroatoms. The Morgan fingerprint density at radius 2 is 2.08 bits per heavy atom. The van der Waals surface area contributed by atoms with Gasteiger partial charge in [-0.15, -0.1) is 0 Å². The van der Waals surface area contributed by atoms with Gasteiger partial charge in [-0.2, -0.15) is 13.2 Å². The highest BCUT2D eigenvalue weighted by molar-refractivity contribution is 5.94. The van der Waals surface area contributed by atoms with Crippen molar-refractivity contribution in [3.05, 3.63) is 53.4 Å². The Labute approximate surface area is 141 Å². The number of carbonyl (C=O) groups excluding carboxylic acids is 1. The highest BCUT2D eigenvalue weighted by Crippen LogP contribution is 2.31. The number of hydrogen-bond acceptors (Lipinski definition) is 3. The van der Waals surface area contributed by atoms with Crippen LogP contribution in [0.3, 0.4) is 0 Å². The number of aryl methyl sites for hydroxylation is 1. The monoisotopic (exact) mass is 356 g/mol. The van der Waals surface area contributed by atoms with Gasteiger partial charge in [0.05, 0.1) is 5.56 Å². The maximum atomic E-state index is 13.6. The molecule has 1 amide bonds. The van der Waals surface area contributed by atoms with E-state index >= 15 is 0 Å². The fraction of sp³-hybridized carbons (Fsp3) is 0.375. The van der Waals surface area contributed by atoms with Gasteiger partial charge in [0.15, 0.2) is 0 Å². The van der Waals surface area contributed by atoms with Gasteiger partial charge < -0.3 is 14.8 Å². The number of alkyl halides is 3. The summed E-state index contributed by atoms with van der Waals surface area (Å²) >= 11 is 0. The Balaban J connectivity index is 1.96. The van der Waals surface area contributed by atoms with E-state index in [1.165, 1.54) is 4.90 Å². The maximum Gasteiger partial charge on any atom is 0.416 e. The predicted octanol–water partition coefficient (Wildman–Crippen LogP) is 2.36. The van der Waals surface area contributed by atoms with Crippen molar-refractivity contribution in [1.82, 2.24) is 19.8 Å². The Morgan fingerprint density at radius 1 is 1.32 bits per heavy atom. The fourth-order valence-corrected chi connectivity index (χ4v) is 2.92. The number of imidazole rings is 1. The van der Waals surface area contributed by atoms with Crippen molar-refractivity contribution in [2.45, 2.75) is 12.2 Å². The normalized spacial score (nSPS) is 18.4.